The molecule has 1 fully saturated rings. The highest BCUT2D eigenvalue weighted by atomic mass is 16.5. The molecular formula is C20H24N2O3. The third-order valence-corrected chi connectivity index (χ3v) is 4.20. The summed E-state index contributed by atoms with van der Waals surface area (Å²) in [6.07, 6.45) is 0.228. The highest BCUT2D eigenvalue weighted by Gasteiger charge is 2.23. The van der Waals surface area contributed by atoms with Gasteiger partial charge < -0.3 is 19.7 Å². The van der Waals surface area contributed by atoms with Crippen molar-refractivity contribution in [2.45, 2.75) is 26.0 Å². The standard InChI is InChI=1S/C20H24N2O3/c1-15-13-24-16(2)12-22(15)18-10-8-17(9-11-18)21-20(23)14-25-19-6-4-3-5-7-19/h3-11,15-16H,12-14H2,1-2H3,(H,21,23). The zero-order valence-electron chi connectivity index (χ0n) is 14.6. The van der Waals surface area contributed by atoms with Crippen LogP contribution < -0.4 is 15.0 Å². The Bertz CT molecular complexity index is 688. The normalized spacial score (nSPS) is 20.2. The zero-order valence-corrected chi connectivity index (χ0v) is 14.6. The number of ether oxygens (including phenoxy) is 2. The van der Waals surface area contributed by atoms with E-state index in [0.717, 1.165) is 24.5 Å². The van der Waals surface area contributed by atoms with Gasteiger partial charge in [0.15, 0.2) is 6.61 Å². The van der Waals surface area contributed by atoms with Crippen LogP contribution in [0.3, 0.4) is 0 Å². The fraction of sp³-hybridized carbons (Fsp3) is 0.350. The van der Waals surface area contributed by atoms with Crippen molar-refractivity contribution < 1.29 is 14.3 Å². The minimum atomic E-state index is -0.176. The van der Waals surface area contributed by atoms with Gasteiger partial charge in [0, 0.05) is 24.0 Å². The molecule has 2 atom stereocenters. The summed E-state index contributed by atoms with van der Waals surface area (Å²) in [5.41, 5.74) is 1.90. The van der Waals surface area contributed by atoms with Crippen molar-refractivity contribution in [2.75, 3.05) is 30.0 Å². The van der Waals surface area contributed by atoms with Gasteiger partial charge in [-0.3, -0.25) is 4.79 Å². The van der Waals surface area contributed by atoms with Gasteiger partial charge >= 0.3 is 0 Å². The summed E-state index contributed by atoms with van der Waals surface area (Å²) >= 11 is 0. The topological polar surface area (TPSA) is 50.8 Å². The summed E-state index contributed by atoms with van der Waals surface area (Å²) in [5, 5.41) is 2.86. The first-order valence-corrected chi connectivity index (χ1v) is 8.58. The van der Waals surface area contributed by atoms with E-state index in [2.05, 4.69) is 24.1 Å². The van der Waals surface area contributed by atoms with Crippen LogP contribution in [0.25, 0.3) is 0 Å². The number of anilines is 2. The second-order valence-corrected chi connectivity index (χ2v) is 6.34. The van der Waals surface area contributed by atoms with Gasteiger partial charge in [-0.15, -0.1) is 0 Å². The van der Waals surface area contributed by atoms with Crippen LogP contribution in [0, 0.1) is 0 Å². The van der Waals surface area contributed by atoms with E-state index in [0.29, 0.717) is 11.8 Å². The van der Waals surface area contributed by atoms with E-state index in [4.69, 9.17) is 9.47 Å². The number of benzene rings is 2. The molecule has 0 saturated carbocycles. The molecule has 132 valence electrons. The molecule has 1 amide bonds. The smallest absolute Gasteiger partial charge is 0.262 e. The van der Waals surface area contributed by atoms with Crippen LogP contribution in [0.5, 0.6) is 5.75 Å². The van der Waals surface area contributed by atoms with E-state index >= 15 is 0 Å². The number of hydrogen-bond acceptors (Lipinski definition) is 4. The molecule has 1 N–H and O–H groups in total. The van der Waals surface area contributed by atoms with Gasteiger partial charge in [0.25, 0.3) is 5.91 Å². The first-order chi connectivity index (χ1) is 12.1. The Morgan fingerprint density at radius 2 is 1.88 bits per heavy atom. The molecule has 1 heterocycles. The molecule has 0 radical (unpaired) electrons. The van der Waals surface area contributed by atoms with E-state index in [1.165, 1.54) is 0 Å². The summed E-state index contributed by atoms with van der Waals surface area (Å²) in [7, 11) is 0. The van der Waals surface area contributed by atoms with E-state index < -0.39 is 0 Å². The minimum absolute atomic E-state index is 0.0101. The number of nitrogens with zero attached hydrogens (tertiary/aromatic N) is 1. The number of rotatable bonds is 5. The molecule has 0 aromatic heterocycles. The molecule has 0 bridgehead atoms. The predicted molar refractivity (Wildman–Crippen MR) is 99.2 cm³/mol. The molecule has 1 aliphatic heterocycles. The largest absolute Gasteiger partial charge is 0.484 e. The monoisotopic (exact) mass is 340 g/mol. The van der Waals surface area contributed by atoms with Crippen molar-refractivity contribution in [1.82, 2.24) is 0 Å². The van der Waals surface area contributed by atoms with Crippen LogP contribution in [0.15, 0.2) is 54.6 Å². The number of nitrogens with one attached hydrogen (secondary N) is 1. The number of para-hydroxylation sites is 1. The van der Waals surface area contributed by atoms with Crippen molar-refractivity contribution in [3.05, 3.63) is 54.6 Å². The molecule has 5 nitrogen and oxygen atoms in total. The van der Waals surface area contributed by atoms with E-state index in [1.54, 1.807) is 0 Å². The Morgan fingerprint density at radius 3 is 2.60 bits per heavy atom. The summed E-state index contributed by atoms with van der Waals surface area (Å²) in [6, 6.07) is 17.5. The van der Waals surface area contributed by atoms with Crippen molar-refractivity contribution in [3.63, 3.8) is 0 Å². The van der Waals surface area contributed by atoms with Crippen LogP contribution in [-0.2, 0) is 9.53 Å². The van der Waals surface area contributed by atoms with Crippen molar-refractivity contribution in [3.8, 4) is 5.75 Å². The summed E-state index contributed by atoms with van der Waals surface area (Å²) in [5.74, 6) is 0.508. The van der Waals surface area contributed by atoms with Gasteiger partial charge in [0.2, 0.25) is 0 Å². The van der Waals surface area contributed by atoms with Crippen LogP contribution in [0.1, 0.15) is 13.8 Å². The summed E-state index contributed by atoms with van der Waals surface area (Å²) in [4.78, 5) is 14.3. The maximum atomic E-state index is 12.0. The minimum Gasteiger partial charge on any atom is -0.484 e. The quantitative estimate of drug-likeness (QED) is 0.907. The lowest BCUT2D eigenvalue weighted by Crippen LogP contribution is -2.47. The Labute approximate surface area is 148 Å². The molecule has 5 heteroatoms. The molecule has 25 heavy (non-hydrogen) atoms. The lowest BCUT2D eigenvalue weighted by molar-refractivity contribution is -0.118. The van der Waals surface area contributed by atoms with Crippen LogP contribution in [0.2, 0.25) is 0 Å². The number of carbonyl (C=O) groups is 1. The average Bonchev–Trinajstić information content (AvgIpc) is 2.64. The van der Waals surface area contributed by atoms with Gasteiger partial charge in [0.05, 0.1) is 12.7 Å². The Kier molecular flexibility index (Phi) is 5.56. The fourth-order valence-corrected chi connectivity index (χ4v) is 2.86. The maximum Gasteiger partial charge on any atom is 0.262 e. The Morgan fingerprint density at radius 1 is 1.16 bits per heavy atom. The molecule has 0 aliphatic carbocycles. The van der Waals surface area contributed by atoms with Crippen molar-refractivity contribution >= 4 is 17.3 Å². The second kappa shape index (κ2) is 8.03. The van der Waals surface area contributed by atoms with Crippen LogP contribution >= 0.6 is 0 Å². The fourth-order valence-electron chi connectivity index (χ4n) is 2.86. The van der Waals surface area contributed by atoms with Gasteiger partial charge in [-0.1, -0.05) is 18.2 Å². The molecule has 3 rings (SSSR count). The summed E-state index contributed by atoms with van der Waals surface area (Å²) in [6.45, 7) is 5.83. The highest BCUT2D eigenvalue weighted by Crippen LogP contribution is 2.23. The highest BCUT2D eigenvalue weighted by molar-refractivity contribution is 5.92. The van der Waals surface area contributed by atoms with Crippen LogP contribution in [0.4, 0.5) is 11.4 Å². The van der Waals surface area contributed by atoms with Crippen molar-refractivity contribution in [1.29, 1.82) is 0 Å². The lowest BCUT2D eigenvalue weighted by Gasteiger charge is -2.38. The number of morpholine rings is 1. The SMILES string of the molecule is CC1CN(c2ccc(NC(=O)COc3ccccc3)cc2)C(C)CO1. The van der Waals surface area contributed by atoms with Gasteiger partial charge in [-0.05, 0) is 50.2 Å². The molecule has 1 saturated heterocycles. The third-order valence-electron chi connectivity index (χ3n) is 4.20. The van der Waals surface area contributed by atoms with Crippen molar-refractivity contribution in [2.24, 2.45) is 0 Å². The Balaban J connectivity index is 1.54. The van der Waals surface area contributed by atoms with Crippen LogP contribution in [-0.4, -0.2) is 37.8 Å². The first-order valence-electron chi connectivity index (χ1n) is 8.58. The predicted octanol–water partition coefficient (Wildman–Crippen LogP) is 3.32. The van der Waals surface area contributed by atoms with Gasteiger partial charge in [-0.25, -0.2) is 0 Å². The van der Waals surface area contributed by atoms with E-state index in [-0.39, 0.29) is 18.6 Å². The Hall–Kier alpha value is -2.53. The molecule has 0 spiro atoms. The summed E-state index contributed by atoms with van der Waals surface area (Å²) < 4.78 is 11.1. The number of hydrogen-bond donors (Lipinski definition) is 1. The van der Waals surface area contributed by atoms with E-state index in [1.807, 2.05) is 54.6 Å². The van der Waals surface area contributed by atoms with Gasteiger partial charge in [-0.2, -0.15) is 0 Å². The molecule has 2 unspecified atom stereocenters. The molecule has 2 aromatic carbocycles. The number of amides is 1. The number of carbonyl (C=O) groups excluding carboxylic acids is 1. The third kappa shape index (κ3) is 4.73. The van der Waals surface area contributed by atoms with Gasteiger partial charge in [0.1, 0.15) is 5.75 Å². The average molecular weight is 340 g/mol. The molecular weight excluding hydrogens is 316 g/mol. The zero-order chi connectivity index (χ0) is 17.6. The first kappa shape index (κ1) is 17.3. The lowest BCUT2D eigenvalue weighted by atomic mass is 10.1. The molecule has 1 aliphatic rings. The maximum absolute atomic E-state index is 12.0. The second-order valence-electron chi connectivity index (χ2n) is 6.34. The molecule has 2 aromatic rings. The van der Waals surface area contributed by atoms with E-state index in [9.17, 15) is 4.79 Å².